The number of hydrogen-bond acceptors (Lipinski definition) is 5. The first-order valence-electron chi connectivity index (χ1n) is 8.22. The summed E-state index contributed by atoms with van der Waals surface area (Å²) in [7, 11) is 0. The van der Waals surface area contributed by atoms with E-state index in [4.69, 9.17) is 0 Å². The third-order valence-corrected chi connectivity index (χ3v) is 4.70. The van der Waals surface area contributed by atoms with E-state index in [0.29, 0.717) is 29.8 Å². The molecule has 0 saturated heterocycles. The van der Waals surface area contributed by atoms with Crippen LogP contribution in [0.4, 0.5) is 0 Å². The van der Waals surface area contributed by atoms with Crippen LogP contribution in [0.5, 0.6) is 0 Å². The zero-order chi connectivity index (χ0) is 17.8. The number of rotatable bonds is 6. The number of carbonyl (C=O) groups is 1. The first-order chi connectivity index (χ1) is 12.1. The summed E-state index contributed by atoms with van der Waals surface area (Å²) in [6.45, 7) is 7.18. The molecule has 2 aromatic heterocycles. The van der Waals surface area contributed by atoms with Crippen LogP contribution in [0.2, 0.25) is 0 Å². The maximum absolute atomic E-state index is 12.5. The van der Waals surface area contributed by atoms with Crippen molar-refractivity contribution < 1.29 is 4.79 Å². The number of aromatic nitrogens is 4. The van der Waals surface area contributed by atoms with Crippen molar-refractivity contribution in [3.05, 3.63) is 53.3 Å². The molecule has 0 N–H and O–H groups in total. The molecule has 3 rings (SSSR count). The normalized spacial score (nSPS) is 11.0. The van der Waals surface area contributed by atoms with Gasteiger partial charge < -0.3 is 4.90 Å². The quantitative estimate of drug-likeness (QED) is 0.636. The lowest BCUT2D eigenvalue weighted by Gasteiger charge is -2.20. The molecule has 130 valence electrons. The van der Waals surface area contributed by atoms with E-state index >= 15 is 0 Å². The van der Waals surface area contributed by atoms with Crippen LogP contribution in [0.1, 0.15) is 23.9 Å². The van der Waals surface area contributed by atoms with Gasteiger partial charge in [-0.1, -0.05) is 42.1 Å². The molecule has 1 amide bonds. The fourth-order valence-corrected chi connectivity index (χ4v) is 3.33. The summed E-state index contributed by atoms with van der Waals surface area (Å²) in [5.74, 6) is 0.968. The van der Waals surface area contributed by atoms with Crippen molar-refractivity contribution in [1.82, 2.24) is 24.5 Å². The van der Waals surface area contributed by atoms with E-state index in [1.807, 2.05) is 62.1 Å². The predicted octanol–water partition coefficient (Wildman–Crippen LogP) is 2.88. The number of amides is 1. The molecule has 6 nitrogen and oxygen atoms in total. The molecule has 7 heteroatoms. The van der Waals surface area contributed by atoms with Gasteiger partial charge in [0.2, 0.25) is 11.1 Å². The number of carbonyl (C=O) groups excluding carboxylic acids is 1. The standard InChI is InChI=1S/C18H21N5OS/c1-4-22(11-15-8-6-5-7-9-15)16(24)12-25-18-20-17-19-13(2)10-14(3)23(17)21-18/h5-10H,4,11-12H2,1-3H3. The number of benzene rings is 1. The van der Waals surface area contributed by atoms with Gasteiger partial charge in [0.15, 0.2) is 0 Å². The van der Waals surface area contributed by atoms with E-state index in [-0.39, 0.29) is 5.91 Å². The first-order valence-corrected chi connectivity index (χ1v) is 9.21. The van der Waals surface area contributed by atoms with Gasteiger partial charge in [0.05, 0.1) is 5.75 Å². The van der Waals surface area contributed by atoms with Gasteiger partial charge >= 0.3 is 0 Å². The number of aryl methyl sites for hydroxylation is 2. The van der Waals surface area contributed by atoms with Crippen molar-refractivity contribution in [2.45, 2.75) is 32.5 Å². The molecule has 0 spiro atoms. The van der Waals surface area contributed by atoms with Crippen molar-refractivity contribution in [1.29, 1.82) is 0 Å². The Bertz CT molecular complexity index is 878. The van der Waals surface area contributed by atoms with Crippen LogP contribution in [-0.2, 0) is 11.3 Å². The van der Waals surface area contributed by atoms with Gasteiger partial charge in [-0.05, 0) is 32.4 Å². The molecule has 0 unspecified atom stereocenters. The van der Waals surface area contributed by atoms with Gasteiger partial charge in [0.1, 0.15) is 0 Å². The Morgan fingerprint density at radius 2 is 1.96 bits per heavy atom. The Morgan fingerprint density at radius 1 is 1.20 bits per heavy atom. The highest BCUT2D eigenvalue weighted by atomic mass is 32.2. The molecule has 3 aromatic rings. The van der Waals surface area contributed by atoms with Crippen molar-refractivity contribution >= 4 is 23.4 Å². The third kappa shape index (κ3) is 4.17. The van der Waals surface area contributed by atoms with Crippen molar-refractivity contribution in [3.8, 4) is 0 Å². The molecule has 0 aliphatic carbocycles. The lowest BCUT2D eigenvalue weighted by Crippen LogP contribution is -2.31. The predicted molar refractivity (Wildman–Crippen MR) is 98.5 cm³/mol. The molecular weight excluding hydrogens is 334 g/mol. The van der Waals surface area contributed by atoms with E-state index < -0.39 is 0 Å². The Kier molecular flexibility index (Phi) is 5.33. The highest BCUT2D eigenvalue weighted by Gasteiger charge is 2.15. The monoisotopic (exact) mass is 355 g/mol. The van der Waals surface area contributed by atoms with Gasteiger partial charge in [-0.2, -0.15) is 4.98 Å². The summed E-state index contributed by atoms with van der Waals surface area (Å²) in [4.78, 5) is 23.1. The number of hydrogen-bond donors (Lipinski definition) is 0. The van der Waals surface area contributed by atoms with Crippen molar-refractivity contribution in [2.75, 3.05) is 12.3 Å². The lowest BCUT2D eigenvalue weighted by atomic mass is 10.2. The summed E-state index contributed by atoms with van der Waals surface area (Å²) in [5.41, 5.74) is 3.02. The van der Waals surface area contributed by atoms with Gasteiger partial charge in [0.25, 0.3) is 5.78 Å². The Hall–Kier alpha value is -2.41. The van der Waals surface area contributed by atoms with E-state index in [2.05, 4.69) is 15.1 Å². The minimum atomic E-state index is 0.0797. The zero-order valence-corrected chi connectivity index (χ0v) is 15.5. The molecule has 1 aromatic carbocycles. The molecule has 0 radical (unpaired) electrons. The van der Waals surface area contributed by atoms with E-state index in [1.54, 1.807) is 4.52 Å². The summed E-state index contributed by atoms with van der Waals surface area (Å²) >= 11 is 1.35. The van der Waals surface area contributed by atoms with Crippen molar-refractivity contribution in [2.24, 2.45) is 0 Å². The van der Waals surface area contributed by atoms with Gasteiger partial charge in [-0.15, -0.1) is 5.10 Å². The summed E-state index contributed by atoms with van der Waals surface area (Å²) < 4.78 is 1.71. The SMILES string of the molecule is CCN(Cc1ccccc1)C(=O)CSc1nc2nc(C)cc(C)n2n1. The van der Waals surface area contributed by atoms with Crippen LogP contribution < -0.4 is 0 Å². The molecule has 0 fully saturated rings. The highest BCUT2D eigenvalue weighted by molar-refractivity contribution is 7.99. The number of nitrogens with zero attached hydrogens (tertiary/aromatic N) is 5. The Morgan fingerprint density at radius 3 is 2.68 bits per heavy atom. The maximum Gasteiger partial charge on any atom is 0.253 e. The molecule has 0 aliphatic heterocycles. The molecule has 0 saturated carbocycles. The smallest absolute Gasteiger partial charge is 0.253 e. The van der Waals surface area contributed by atoms with Crippen LogP contribution in [0.15, 0.2) is 41.6 Å². The third-order valence-electron chi connectivity index (χ3n) is 3.87. The Balaban J connectivity index is 1.65. The average molecular weight is 355 g/mol. The highest BCUT2D eigenvalue weighted by Crippen LogP contribution is 2.16. The van der Waals surface area contributed by atoms with Crippen LogP contribution in [-0.4, -0.2) is 42.7 Å². The molecular formula is C18H21N5OS. The van der Waals surface area contributed by atoms with Gasteiger partial charge in [0, 0.05) is 24.5 Å². The Labute approximate surface area is 151 Å². The summed E-state index contributed by atoms with van der Waals surface area (Å²) in [6, 6.07) is 12.0. The average Bonchev–Trinajstić information content (AvgIpc) is 3.01. The van der Waals surface area contributed by atoms with Gasteiger partial charge in [-0.25, -0.2) is 9.50 Å². The minimum absolute atomic E-state index is 0.0797. The maximum atomic E-state index is 12.5. The van der Waals surface area contributed by atoms with E-state index in [0.717, 1.165) is 17.0 Å². The van der Waals surface area contributed by atoms with Crippen molar-refractivity contribution in [3.63, 3.8) is 0 Å². The molecule has 0 atom stereocenters. The topological polar surface area (TPSA) is 63.4 Å². The zero-order valence-electron chi connectivity index (χ0n) is 14.6. The minimum Gasteiger partial charge on any atom is -0.338 e. The van der Waals surface area contributed by atoms with Crippen LogP contribution in [0.3, 0.4) is 0 Å². The van der Waals surface area contributed by atoms with E-state index in [1.165, 1.54) is 11.8 Å². The van der Waals surface area contributed by atoms with Crippen LogP contribution >= 0.6 is 11.8 Å². The fourth-order valence-electron chi connectivity index (χ4n) is 2.61. The van der Waals surface area contributed by atoms with E-state index in [9.17, 15) is 4.79 Å². The van der Waals surface area contributed by atoms with Crippen LogP contribution in [0, 0.1) is 13.8 Å². The second-order valence-corrected chi connectivity index (χ2v) is 6.77. The molecule has 0 bridgehead atoms. The second-order valence-electron chi connectivity index (χ2n) is 5.83. The second kappa shape index (κ2) is 7.65. The molecule has 2 heterocycles. The van der Waals surface area contributed by atoms with Crippen LogP contribution in [0.25, 0.3) is 5.78 Å². The molecule has 0 aliphatic rings. The summed E-state index contributed by atoms with van der Waals surface area (Å²) in [5, 5.41) is 5.00. The lowest BCUT2D eigenvalue weighted by molar-refractivity contribution is -0.128. The largest absolute Gasteiger partial charge is 0.338 e. The van der Waals surface area contributed by atoms with Gasteiger partial charge in [-0.3, -0.25) is 4.79 Å². The fraction of sp³-hybridized carbons (Fsp3) is 0.333. The molecule has 25 heavy (non-hydrogen) atoms. The first kappa shape index (κ1) is 17.4. The number of fused-ring (bicyclic) bond motifs is 1. The summed E-state index contributed by atoms with van der Waals surface area (Å²) in [6.07, 6.45) is 0. The number of thioether (sulfide) groups is 1.